The van der Waals surface area contributed by atoms with Gasteiger partial charge in [0.25, 0.3) is 0 Å². The number of piperidine rings is 1. The van der Waals surface area contributed by atoms with Crippen LogP contribution in [-0.4, -0.2) is 33.2 Å². The Labute approximate surface area is 193 Å². The third kappa shape index (κ3) is 4.45. The standard InChI is InChI=1S/C26H33FN2O2S/c1-18(19-9-11-21(27)12-10-19)24(30)29-15-13-26(14-16-29)17-20-7-5-6-8-22(20)23(26)28-32(31)25(2,3)4/h5-12,18,23,28H,13-17H2,1-4H3/t18-,23-,32-/m1/s1. The summed E-state index contributed by atoms with van der Waals surface area (Å²) in [5, 5.41) is 0. The minimum absolute atomic E-state index is 0.0190. The van der Waals surface area contributed by atoms with Gasteiger partial charge in [0.2, 0.25) is 5.91 Å². The van der Waals surface area contributed by atoms with Gasteiger partial charge in [0.1, 0.15) is 10.6 Å². The average molecular weight is 457 g/mol. The van der Waals surface area contributed by atoms with Gasteiger partial charge in [0.05, 0.1) is 12.0 Å². The van der Waals surface area contributed by atoms with E-state index < -0.39 is 11.4 Å². The quantitative estimate of drug-likeness (QED) is 0.667. The largest absolute Gasteiger partial charge is 0.598 e. The molecule has 0 saturated carbocycles. The van der Waals surface area contributed by atoms with Gasteiger partial charge < -0.3 is 9.45 Å². The van der Waals surface area contributed by atoms with Crippen molar-refractivity contribution in [1.29, 1.82) is 0 Å². The summed E-state index contributed by atoms with van der Waals surface area (Å²) in [6, 6.07) is 14.7. The van der Waals surface area contributed by atoms with Crippen molar-refractivity contribution >= 4 is 17.3 Å². The Morgan fingerprint density at radius 1 is 1.16 bits per heavy atom. The minimum atomic E-state index is -1.18. The van der Waals surface area contributed by atoms with Crippen LogP contribution in [0.3, 0.4) is 0 Å². The van der Waals surface area contributed by atoms with Gasteiger partial charge in [-0.15, -0.1) is 4.72 Å². The number of amides is 1. The fraction of sp³-hybridized carbons (Fsp3) is 0.500. The first-order valence-electron chi connectivity index (χ1n) is 11.4. The first kappa shape index (κ1) is 23.3. The Hall–Kier alpha value is -1.89. The maximum Gasteiger partial charge on any atom is 0.229 e. The number of likely N-dealkylation sites (tertiary alicyclic amines) is 1. The van der Waals surface area contributed by atoms with Crippen LogP contribution in [0.25, 0.3) is 0 Å². The summed E-state index contributed by atoms with van der Waals surface area (Å²) in [6.45, 7) is 9.21. The molecule has 1 N–H and O–H groups in total. The molecule has 1 saturated heterocycles. The lowest BCUT2D eigenvalue weighted by Crippen LogP contribution is -2.51. The van der Waals surface area contributed by atoms with Gasteiger partial charge in [-0.1, -0.05) is 36.4 Å². The number of rotatable bonds is 4. The number of fused-ring (bicyclic) bond motifs is 1. The molecule has 172 valence electrons. The second kappa shape index (κ2) is 8.81. The van der Waals surface area contributed by atoms with E-state index in [1.165, 1.54) is 23.3 Å². The van der Waals surface area contributed by atoms with E-state index in [1.54, 1.807) is 12.1 Å². The number of benzene rings is 2. The molecule has 0 radical (unpaired) electrons. The van der Waals surface area contributed by atoms with E-state index in [2.05, 4.69) is 29.0 Å². The van der Waals surface area contributed by atoms with E-state index in [-0.39, 0.29) is 33.8 Å². The van der Waals surface area contributed by atoms with Gasteiger partial charge in [-0.2, -0.15) is 0 Å². The number of nitrogens with one attached hydrogen (secondary N) is 1. The molecule has 0 aromatic heterocycles. The summed E-state index contributed by atoms with van der Waals surface area (Å²) in [4.78, 5) is 15.1. The lowest BCUT2D eigenvalue weighted by molar-refractivity contribution is -0.135. The highest BCUT2D eigenvalue weighted by Crippen LogP contribution is 2.52. The van der Waals surface area contributed by atoms with E-state index in [1.807, 2.05) is 32.6 Å². The zero-order valence-electron chi connectivity index (χ0n) is 19.4. The van der Waals surface area contributed by atoms with E-state index in [4.69, 9.17) is 0 Å². The summed E-state index contributed by atoms with van der Waals surface area (Å²) < 4.78 is 29.4. The smallest absolute Gasteiger partial charge is 0.229 e. The van der Waals surface area contributed by atoms with Crippen molar-refractivity contribution in [3.8, 4) is 0 Å². The van der Waals surface area contributed by atoms with Crippen LogP contribution in [0, 0.1) is 11.2 Å². The van der Waals surface area contributed by atoms with Gasteiger partial charge in [-0.05, 0) is 75.8 Å². The van der Waals surface area contributed by atoms with Crippen LogP contribution in [-0.2, 0) is 22.6 Å². The number of nitrogens with zero attached hydrogens (tertiary/aromatic N) is 1. The maximum absolute atomic E-state index is 13.3. The highest BCUT2D eigenvalue weighted by atomic mass is 32.2. The van der Waals surface area contributed by atoms with Crippen molar-refractivity contribution in [2.24, 2.45) is 5.41 Å². The first-order chi connectivity index (χ1) is 15.1. The average Bonchev–Trinajstić information content (AvgIpc) is 3.06. The van der Waals surface area contributed by atoms with E-state index in [0.29, 0.717) is 13.1 Å². The zero-order chi connectivity index (χ0) is 23.1. The first-order valence-corrected chi connectivity index (χ1v) is 12.6. The number of hydrogen-bond donors (Lipinski definition) is 1. The molecule has 1 fully saturated rings. The van der Waals surface area contributed by atoms with Crippen LogP contribution < -0.4 is 4.72 Å². The molecule has 3 atom stereocenters. The van der Waals surface area contributed by atoms with Crippen LogP contribution in [0.15, 0.2) is 48.5 Å². The Morgan fingerprint density at radius 3 is 2.41 bits per heavy atom. The summed E-state index contributed by atoms with van der Waals surface area (Å²) in [5.74, 6) is -0.502. The van der Waals surface area contributed by atoms with Crippen molar-refractivity contribution in [3.63, 3.8) is 0 Å². The van der Waals surface area contributed by atoms with Crippen molar-refractivity contribution in [1.82, 2.24) is 9.62 Å². The normalized spacial score (nSPS) is 21.9. The predicted octanol–water partition coefficient (Wildman–Crippen LogP) is 4.89. The molecule has 4 nitrogen and oxygen atoms in total. The summed E-state index contributed by atoms with van der Waals surface area (Å²) in [6.07, 6.45) is 2.67. The van der Waals surface area contributed by atoms with Gasteiger partial charge in [0, 0.05) is 29.9 Å². The van der Waals surface area contributed by atoms with Crippen LogP contribution in [0.2, 0.25) is 0 Å². The molecule has 2 aromatic carbocycles. The van der Waals surface area contributed by atoms with Crippen LogP contribution in [0.1, 0.15) is 69.2 Å². The molecule has 1 heterocycles. The van der Waals surface area contributed by atoms with Crippen LogP contribution in [0.5, 0.6) is 0 Å². The topological polar surface area (TPSA) is 55.4 Å². The second-order valence-electron chi connectivity index (χ2n) is 10.3. The molecular weight excluding hydrogens is 423 g/mol. The fourth-order valence-corrected chi connectivity index (χ4v) is 6.01. The molecule has 4 rings (SSSR count). The van der Waals surface area contributed by atoms with Gasteiger partial charge in [-0.3, -0.25) is 4.79 Å². The number of carbonyl (C=O) groups is 1. The minimum Gasteiger partial charge on any atom is -0.598 e. The van der Waals surface area contributed by atoms with Crippen molar-refractivity contribution < 1.29 is 13.7 Å². The highest BCUT2D eigenvalue weighted by molar-refractivity contribution is 7.90. The lowest BCUT2D eigenvalue weighted by atomic mass is 9.73. The molecule has 0 unspecified atom stereocenters. The zero-order valence-corrected chi connectivity index (χ0v) is 20.2. The Balaban J connectivity index is 1.50. The molecule has 1 amide bonds. The molecule has 1 aliphatic carbocycles. The van der Waals surface area contributed by atoms with Crippen molar-refractivity contribution in [3.05, 3.63) is 71.0 Å². The summed E-state index contributed by atoms with van der Waals surface area (Å²) >= 11 is -1.18. The van der Waals surface area contributed by atoms with Crippen molar-refractivity contribution in [2.75, 3.05) is 13.1 Å². The molecule has 2 aliphatic rings. The second-order valence-corrected chi connectivity index (χ2v) is 12.3. The monoisotopic (exact) mass is 456 g/mol. The molecule has 0 bridgehead atoms. The number of hydrogen-bond acceptors (Lipinski definition) is 3. The van der Waals surface area contributed by atoms with Crippen LogP contribution in [0.4, 0.5) is 4.39 Å². The van der Waals surface area contributed by atoms with E-state index >= 15 is 0 Å². The SMILES string of the molecule is C[C@@H](C(=O)N1CCC2(CC1)Cc1ccccc1[C@H]2N[S@+]([O-])C(C)(C)C)c1ccc(F)cc1. The third-order valence-electron chi connectivity index (χ3n) is 7.11. The van der Waals surface area contributed by atoms with Crippen LogP contribution >= 0.6 is 0 Å². The lowest BCUT2D eigenvalue weighted by Gasteiger charge is -2.44. The maximum atomic E-state index is 13.3. The molecule has 32 heavy (non-hydrogen) atoms. The molecular formula is C26H33FN2O2S. The highest BCUT2D eigenvalue weighted by Gasteiger charge is 2.50. The Morgan fingerprint density at radius 2 is 1.78 bits per heavy atom. The van der Waals surface area contributed by atoms with E-state index in [9.17, 15) is 13.7 Å². The number of carbonyl (C=O) groups excluding carboxylic acids is 1. The fourth-order valence-electron chi connectivity index (χ4n) is 5.07. The van der Waals surface area contributed by atoms with Crippen molar-refractivity contribution in [2.45, 2.75) is 63.7 Å². The van der Waals surface area contributed by atoms with Gasteiger partial charge in [0.15, 0.2) is 0 Å². The van der Waals surface area contributed by atoms with Gasteiger partial charge >= 0.3 is 0 Å². The van der Waals surface area contributed by atoms with Gasteiger partial charge in [-0.25, -0.2) is 4.39 Å². The molecule has 2 aromatic rings. The summed E-state index contributed by atoms with van der Waals surface area (Å²) in [7, 11) is 0. The summed E-state index contributed by atoms with van der Waals surface area (Å²) in [5.41, 5.74) is 3.35. The third-order valence-corrected chi connectivity index (χ3v) is 8.68. The predicted molar refractivity (Wildman–Crippen MR) is 127 cm³/mol. The molecule has 1 spiro atoms. The molecule has 1 aliphatic heterocycles. The van der Waals surface area contributed by atoms with E-state index in [0.717, 1.165) is 24.8 Å². The Kier molecular flexibility index (Phi) is 6.40. The Bertz CT molecular complexity index is 965. The number of halogens is 1. The molecule has 6 heteroatoms.